The van der Waals surface area contributed by atoms with E-state index in [-0.39, 0.29) is 12.3 Å². The van der Waals surface area contributed by atoms with Gasteiger partial charge in [0.2, 0.25) is 11.8 Å². The van der Waals surface area contributed by atoms with Crippen LogP contribution in [-0.2, 0) is 9.59 Å². The lowest BCUT2D eigenvalue weighted by Crippen LogP contribution is -2.33. The van der Waals surface area contributed by atoms with E-state index in [1.807, 2.05) is 13.8 Å². The molecule has 1 aromatic carbocycles. The lowest BCUT2D eigenvalue weighted by atomic mass is 10.3. The highest BCUT2D eigenvalue weighted by Gasteiger charge is 2.14. The number of benzene rings is 1. The Labute approximate surface area is 106 Å². The van der Waals surface area contributed by atoms with Crippen molar-refractivity contribution in [2.75, 3.05) is 18.4 Å². The third-order valence-electron chi connectivity index (χ3n) is 2.54. The summed E-state index contributed by atoms with van der Waals surface area (Å²) in [5.41, 5.74) is 0.354. The zero-order valence-electron chi connectivity index (χ0n) is 10.6. The Hall–Kier alpha value is -1.91. The SMILES string of the molecule is CCN(CC)C(=O)CC(=O)Nc1cccc(F)c1. The monoisotopic (exact) mass is 252 g/mol. The van der Waals surface area contributed by atoms with Gasteiger partial charge in [0.25, 0.3) is 0 Å². The summed E-state index contributed by atoms with van der Waals surface area (Å²) in [6.07, 6.45) is -0.224. The summed E-state index contributed by atoms with van der Waals surface area (Å²) in [5, 5.41) is 2.49. The first kappa shape index (κ1) is 14.2. The van der Waals surface area contributed by atoms with E-state index in [0.717, 1.165) is 0 Å². The van der Waals surface area contributed by atoms with Gasteiger partial charge in [-0.05, 0) is 32.0 Å². The number of halogens is 1. The van der Waals surface area contributed by atoms with E-state index >= 15 is 0 Å². The van der Waals surface area contributed by atoms with Crippen LogP contribution in [0.2, 0.25) is 0 Å². The van der Waals surface area contributed by atoms with Crippen molar-refractivity contribution >= 4 is 17.5 Å². The summed E-state index contributed by atoms with van der Waals surface area (Å²) in [5.74, 6) is -1.09. The van der Waals surface area contributed by atoms with Crippen molar-refractivity contribution < 1.29 is 14.0 Å². The van der Waals surface area contributed by atoms with E-state index in [9.17, 15) is 14.0 Å². The molecule has 5 heteroatoms. The van der Waals surface area contributed by atoms with Crippen molar-refractivity contribution in [3.63, 3.8) is 0 Å². The maximum absolute atomic E-state index is 12.9. The number of hydrogen-bond donors (Lipinski definition) is 1. The molecule has 0 aliphatic carbocycles. The highest BCUT2D eigenvalue weighted by atomic mass is 19.1. The third kappa shape index (κ3) is 4.16. The molecule has 0 bridgehead atoms. The molecule has 0 fully saturated rings. The zero-order chi connectivity index (χ0) is 13.5. The number of amides is 2. The second-order valence-corrected chi connectivity index (χ2v) is 3.80. The van der Waals surface area contributed by atoms with E-state index in [2.05, 4.69) is 5.32 Å². The minimum absolute atomic E-state index is 0.224. The predicted octanol–water partition coefficient (Wildman–Crippen LogP) is 2.02. The normalized spacial score (nSPS) is 9.94. The van der Waals surface area contributed by atoms with Gasteiger partial charge < -0.3 is 10.2 Å². The quantitative estimate of drug-likeness (QED) is 0.815. The lowest BCUT2D eigenvalue weighted by Gasteiger charge is -2.18. The van der Waals surface area contributed by atoms with Gasteiger partial charge in [-0.25, -0.2) is 4.39 Å². The summed E-state index contributed by atoms with van der Waals surface area (Å²) in [6, 6.07) is 5.57. The van der Waals surface area contributed by atoms with Crippen molar-refractivity contribution in [2.24, 2.45) is 0 Å². The van der Waals surface area contributed by atoms with Crippen molar-refractivity contribution in [1.29, 1.82) is 0 Å². The highest BCUT2D eigenvalue weighted by molar-refractivity contribution is 6.03. The molecule has 1 N–H and O–H groups in total. The van der Waals surface area contributed by atoms with Gasteiger partial charge in [-0.15, -0.1) is 0 Å². The van der Waals surface area contributed by atoms with Crippen LogP contribution in [0, 0.1) is 5.82 Å². The average Bonchev–Trinajstić information content (AvgIpc) is 2.30. The molecule has 0 aliphatic rings. The van der Waals surface area contributed by atoms with Crippen molar-refractivity contribution in [2.45, 2.75) is 20.3 Å². The maximum Gasteiger partial charge on any atom is 0.233 e. The zero-order valence-corrected chi connectivity index (χ0v) is 10.6. The largest absolute Gasteiger partial charge is 0.343 e. The Kier molecular flexibility index (Phi) is 5.30. The number of rotatable bonds is 5. The molecule has 0 saturated carbocycles. The van der Waals surface area contributed by atoms with Gasteiger partial charge in [0.15, 0.2) is 0 Å². The molecular weight excluding hydrogens is 235 g/mol. The maximum atomic E-state index is 12.9. The molecule has 1 rings (SSSR count). The number of nitrogens with zero attached hydrogens (tertiary/aromatic N) is 1. The summed E-state index contributed by atoms with van der Waals surface area (Å²) in [7, 11) is 0. The standard InChI is InChI=1S/C13H17FN2O2/c1-3-16(4-2)13(18)9-12(17)15-11-7-5-6-10(14)8-11/h5-8H,3-4,9H2,1-2H3,(H,15,17). The second-order valence-electron chi connectivity index (χ2n) is 3.80. The van der Waals surface area contributed by atoms with Gasteiger partial charge in [0.1, 0.15) is 12.2 Å². The lowest BCUT2D eigenvalue weighted by molar-refractivity contribution is -0.134. The molecule has 4 nitrogen and oxygen atoms in total. The van der Waals surface area contributed by atoms with Gasteiger partial charge in [-0.3, -0.25) is 9.59 Å². The smallest absolute Gasteiger partial charge is 0.233 e. The Bertz CT molecular complexity index is 431. The fourth-order valence-electron chi connectivity index (χ4n) is 1.60. The van der Waals surface area contributed by atoms with Crippen LogP contribution < -0.4 is 5.32 Å². The number of carbonyl (C=O) groups excluding carboxylic acids is 2. The number of hydrogen-bond acceptors (Lipinski definition) is 2. The minimum atomic E-state index is -0.433. The van der Waals surface area contributed by atoms with Gasteiger partial charge in [-0.2, -0.15) is 0 Å². The molecule has 0 saturated heterocycles. The second kappa shape index (κ2) is 6.74. The summed E-state index contributed by atoms with van der Waals surface area (Å²) < 4.78 is 12.9. The topological polar surface area (TPSA) is 49.4 Å². The van der Waals surface area contributed by atoms with E-state index < -0.39 is 11.7 Å². The molecule has 18 heavy (non-hydrogen) atoms. The van der Waals surface area contributed by atoms with E-state index in [4.69, 9.17) is 0 Å². The van der Waals surface area contributed by atoms with Crippen LogP contribution in [0.5, 0.6) is 0 Å². The van der Waals surface area contributed by atoms with E-state index in [0.29, 0.717) is 18.8 Å². The Balaban J connectivity index is 2.54. The first-order valence-corrected chi connectivity index (χ1v) is 5.90. The van der Waals surface area contributed by atoms with Crippen LogP contribution in [0.3, 0.4) is 0 Å². The van der Waals surface area contributed by atoms with Crippen LogP contribution in [0.25, 0.3) is 0 Å². The average molecular weight is 252 g/mol. The van der Waals surface area contributed by atoms with Crippen molar-refractivity contribution in [3.05, 3.63) is 30.1 Å². The molecule has 0 spiro atoms. The first-order valence-electron chi connectivity index (χ1n) is 5.90. The summed E-state index contributed by atoms with van der Waals surface area (Å²) in [4.78, 5) is 24.8. The fourth-order valence-corrected chi connectivity index (χ4v) is 1.60. The minimum Gasteiger partial charge on any atom is -0.343 e. The Morgan fingerprint density at radius 1 is 1.28 bits per heavy atom. The van der Waals surface area contributed by atoms with E-state index in [1.54, 1.807) is 11.0 Å². The van der Waals surface area contributed by atoms with Crippen molar-refractivity contribution in [1.82, 2.24) is 4.90 Å². The fraction of sp³-hybridized carbons (Fsp3) is 0.385. The number of carbonyl (C=O) groups is 2. The third-order valence-corrected chi connectivity index (χ3v) is 2.54. The first-order chi connectivity index (χ1) is 8.56. The molecule has 0 atom stereocenters. The van der Waals surface area contributed by atoms with Crippen LogP contribution in [0.1, 0.15) is 20.3 Å². The number of nitrogens with one attached hydrogen (secondary N) is 1. The van der Waals surface area contributed by atoms with Crippen LogP contribution in [0.15, 0.2) is 24.3 Å². The van der Waals surface area contributed by atoms with Gasteiger partial charge >= 0.3 is 0 Å². The van der Waals surface area contributed by atoms with Crippen LogP contribution in [-0.4, -0.2) is 29.8 Å². The molecule has 0 aliphatic heterocycles. The Morgan fingerprint density at radius 2 is 1.94 bits per heavy atom. The summed E-state index contributed by atoms with van der Waals surface area (Å²) in [6.45, 7) is 4.85. The Morgan fingerprint density at radius 3 is 2.50 bits per heavy atom. The molecular formula is C13H17FN2O2. The number of anilines is 1. The summed E-state index contributed by atoms with van der Waals surface area (Å²) >= 11 is 0. The molecule has 0 radical (unpaired) electrons. The van der Waals surface area contributed by atoms with Gasteiger partial charge in [0, 0.05) is 18.8 Å². The molecule has 98 valence electrons. The van der Waals surface area contributed by atoms with Crippen LogP contribution in [0.4, 0.5) is 10.1 Å². The molecule has 0 heterocycles. The highest BCUT2D eigenvalue weighted by Crippen LogP contribution is 2.09. The predicted molar refractivity (Wildman–Crippen MR) is 67.6 cm³/mol. The molecule has 0 aromatic heterocycles. The van der Waals surface area contributed by atoms with Gasteiger partial charge in [0.05, 0.1) is 0 Å². The molecule has 2 amide bonds. The molecule has 0 unspecified atom stereocenters. The van der Waals surface area contributed by atoms with Crippen molar-refractivity contribution in [3.8, 4) is 0 Å². The van der Waals surface area contributed by atoms with Gasteiger partial charge in [-0.1, -0.05) is 6.07 Å². The van der Waals surface area contributed by atoms with E-state index in [1.165, 1.54) is 18.2 Å². The van der Waals surface area contributed by atoms with Crippen LogP contribution >= 0.6 is 0 Å². The molecule has 1 aromatic rings.